The lowest BCUT2D eigenvalue weighted by atomic mass is 10.0. The molecule has 0 aromatic rings. The number of amides is 3. The molecule has 4 unspecified atom stereocenters. The van der Waals surface area contributed by atoms with Crippen molar-refractivity contribution < 1.29 is 34.5 Å². The van der Waals surface area contributed by atoms with Crippen molar-refractivity contribution >= 4 is 23.7 Å². The summed E-state index contributed by atoms with van der Waals surface area (Å²) in [6.45, 7) is 3.05. The van der Waals surface area contributed by atoms with Crippen molar-refractivity contribution in [2.75, 3.05) is 13.2 Å². The van der Waals surface area contributed by atoms with E-state index in [1.54, 1.807) is 13.8 Å². The number of rotatable bonds is 10. The maximum atomic E-state index is 12.1. The van der Waals surface area contributed by atoms with Crippen LogP contribution >= 0.6 is 0 Å². The van der Waals surface area contributed by atoms with Crippen LogP contribution in [0.3, 0.4) is 0 Å². The van der Waals surface area contributed by atoms with Crippen molar-refractivity contribution in [3.05, 3.63) is 0 Å². The molecule has 0 aromatic heterocycles. The van der Waals surface area contributed by atoms with Crippen LogP contribution < -0.4 is 21.7 Å². The quantitative estimate of drug-likeness (QED) is 0.208. The highest BCUT2D eigenvalue weighted by molar-refractivity contribution is 5.94. The maximum absolute atomic E-state index is 12.1. The predicted octanol–water partition coefficient (Wildman–Crippen LogP) is -3.49. The molecule has 25 heavy (non-hydrogen) atoms. The first-order chi connectivity index (χ1) is 11.5. The van der Waals surface area contributed by atoms with Gasteiger partial charge in [0.05, 0.1) is 19.3 Å². The van der Waals surface area contributed by atoms with E-state index in [0.29, 0.717) is 0 Å². The molecule has 8 N–H and O–H groups in total. The van der Waals surface area contributed by atoms with Gasteiger partial charge in [-0.1, -0.05) is 13.8 Å². The molecule has 0 saturated heterocycles. The van der Waals surface area contributed by atoms with E-state index < -0.39 is 61.1 Å². The highest BCUT2D eigenvalue weighted by atomic mass is 16.4. The van der Waals surface area contributed by atoms with Crippen molar-refractivity contribution in [2.45, 2.75) is 44.9 Å². The van der Waals surface area contributed by atoms with Crippen molar-refractivity contribution in [1.82, 2.24) is 16.0 Å². The minimum absolute atomic E-state index is 0.198. The monoisotopic (exact) mass is 362 g/mol. The zero-order chi connectivity index (χ0) is 19.7. The zero-order valence-corrected chi connectivity index (χ0v) is 14.4. The molecule has 0 saturated carbocycles. The molecular weight excluding hydrogens is 336 g/mol. The summed E-state index contributed by atoms with van der Waals surface area (Å²) in [5, 5.41) is 33.6. The average Bonchev–Trinajstić information content (AvgIpc) is 2.55. The van der Waals surface area contributed by atoms with Crippen LogP contribution in [0.1, 0.15) is 20.8 Å². The molecule has 0 radical (unpaired) electrons. The third kappa shape index (κ3) is 7.45. The van der Waals surface area contributed by atoms with Gasteiger partial charge in [-0.25, -0.2) is 0 Å². The number of nitrogens with two attached hydrogens (primary N) is 1. The molecule has 0 rings (SSSR count). The fraction of sp³-hybridized carbons (Fsp3) is 0.714. The Labute approximate surface area is 145 Å². The van der Waals surface area contributed by atoms with E-state index in [1.807, 2.05) is 0 Å². The van der Waals surface area contributed by atoms with E-state index in [2.05, 4.69) is 16.0 Å². The normalized spacial score (nSPS) is 15.6. The van der Waals surface area contributed by atoms with Gasteiger partial charge in [0.15, 0.2) is 0 Å². The summed E-state index contributed by atoms with van der Waals surface area (Å²) in [5.41, 5.74) is 5.64. The highest BCUT2D eigenvalue weighted by Gasteiger charge is 2.29. The Kier molecular flexibility index (Phi) is 9.64. The molecule has 0 aliphatic heterocycles. The highest BCUT2D eigenvalue weighted by Crippen LogP contribution is 1.99. The molecule has 0 spiro atoms. The molecule has 144 valence electrons. The Balaban J connectivity index is 4.84. The van der Waals surface area contributed by atoms with Gasteiger partial charge in [0, 0.05) is 0 Å². The van der Waals surface area contributed by atoms with Gasteiger partial charge >= 0.3 is 5.97 Å². The number of nitrogens with one attached hydrogen (secondary N) is 3. The van der Waals surface area contributed by atoms with E-state index in [4.69, 9.17) is 10.8 Å². The van der Waals surface area contributed by atoms with Crippen LogP contribution in [0.4, 0.5) is 0 Å². The number of hydrogen-bond acceptors (Lipinski definition) is 7. The predicted molar refractivity (Wildman–Crippen MR) is 86.1 cm³/mol. The number of carboxylic acids is 1. The second kappa shape index (κ2) is 10.6. The Hall–Kier alpha value is -2.24. The lowest BCUT2D eigenvalue weighted by Gasteiger charge is -2.23. The molecule has 0 fully saturated rings. The van der Waals surface area contributed by atoms with Gasteiger partial charge in [0.2, 0.25) is 17.7 Å². The van der Waals surface area contributed by atoms with Crippen LogP contribution in [0.2, 0.25) is 0 Å². The number of carbonyl (C=O) groups excluding carboxylic acids is 3. The molecular formula is C14H26N4O7. The zero-order valence-electron chi connectivity index (χ0n) is 14.4. The van der Waals surface area contributed by atoms with Gasteiger partial charge in [-0.15, -0.1) is 0 Å². The average molecular weight is 362 g/mol. The molecule has 0 aromatic carbocycles. The summed E-state index contributed by atoms with van der Waals surface area (Å²) < 4.78 is 0. The first kappa shape index (κ1) is 22.8. The summed E-state index contributed by atoms with van der Waals surface area (Å²) in [6, 6.07) is -4.94. The minimum Gasteiger partial charge on any atom is -0.480 e. The maximum Gasteiger partial charge on any atom is 0.325 e. The minimum atomic E-state index is -1.45. The molecule has 0 bridgehead atoms. The van der Waals surface area contributed by atoms with Crippen molar-refractivity contribution in [3.8, 4) is 0 Å². The van der Waals surface area contributed by atoms with Crippen LogP contribution in [0.25, 0.3) is 0 Å². The van der Waals surface area contributed by atoms with E-state index in [0.717, 1.165) is 0 Å². The van der Waals surface area contributed by atoms with E-state index in [1.165, 1.54) is 6.92 Å². The van der Waals surface area contributed by atoms with E-state index >= 15 is 0 Å². The summed E-state index contributed by atoms with van der Waals surface area (Å²) >= 11 is 0. The number of carboxylic acid groups (broad SMARTS) is 1. The largest absolute Gasteiger partial charge is 0.480 e. The molecule has 0 aliphatic rings. The Morgan fingerprint density at radius 3 is 1.60 bits per heavy atom. The van der Waals surface area contributed by atoms with E-state index in [9.17, 15) is 29.4 Å². The number of aliphatic hydroxyl groups is 2. The Morgan fingerprint density at radius 1 is 0.840 bits per heavy atom. The third-order valence-corrected chi connectivity index (χ3v) is 3.38. The van der Waals surface area contributed by atoms with E-state index in [-0.39, 0.29) is 5.92 Å². The molecule has 11 heteroatoms. The van der Waals surface area contributed by atoms with Crippen molar-refractivity contribution in [1.29, 1.82) is 0 Å². The van der Waals surface area contributed by atoms with Crippen molar-refractivity contribution in [3.63, 3.8) is 0 Å². The standard InChI is InChI=1S/C14H26N4O7/c1-6(2)10(15)13(23)18-9(5-20)12(22)17-8(4-19)11(21)16-7(3)14(24)25/h6-10,19-20H,4-5,15H2,1-3H3,(H,16,21)(H,17,22)(H,18,23)(H,24,25). The second-order valence-electron chi connectivity index (χ2n) is 5.83. The first-order valence-corrected chi connectivity index (χ1v) is 7.66. The lowest BCUT2D eigenvalue weighted by Crippen LogP contribution is -2.59. The van der Waals surface area contributed by atoms with Crippen LogP contribution in [0.5, 0.6) is 0 Å². The fourth-order valence-electron chi connectivity index (χ4n) is 1.61. The molecule has 0 aliphatic carbocycles. The summed E-state index contributed by atoms with van der Waals surface area (Å²) in [4.78, 5) is 46.5. The van der Waals surface area contributed by atoms with Gasteiger partial charge < -0.3 is 37.0 Å². The molecule has 0 heterocycles. The number of hydrogen-bond donors (Lipinski definition) is 7. The van der Waals surface area contributed by atoms with Gasteiger partial charge in [0.25, 0.3) is 0 Å². The van der Waals surface area contributed by atoms with Crippen LogP contribution in [0, 0.1) is 5.92 Å². The SMILES string of the molecule is CC(NC(=O)C(CO)NC(=O)C(CO)NC(=O)C(N)C(C)C)C(=O)O. The van der Waals surface area contributed by atoms with Gasteiger partial charge in [-0.3, -0.25) is 19.2 Å². The Morgan fingerprint density at radius 2 is 1.24 bits per heavy atom. The summed E-state index contributed by atoms with van der Waals surface area (Å²) in [5.74, 6) is -4.00. The summed E-state index contributed by atoms with van der Waals surface area (Å²) in [7, 11) is 0. The van der Waals surface area contributed by atoms with Crippen LogP contribution in [-0.2, 0) is 19.2 Å². The topological polar surface area (TPSA) is 191 Å². The molecule has 4 atom stereocenters. The van der Waals surface area contributed by atoms with Gasteiger partial charge in [0.1, 0.15) is 18.1 Å². The van der Waals surface area contributed by atoms with Crippen molar-refractivity contribution in [2.24, 2.45) is 11.7 Å². The Bertz CT molecular complexity index is 498. The lowest BCUT2D eigenvalue weighted by molar-refractivity contribution is -0.142. The fourth-order valence-corrected chi connectivity index (χ4v) is 1.61. The first-order valence-electron chi connectivity index (χ1n) is 7.66. The van der Waals surface area contributed by atoms with Gasteiger partial charge in [-0.05, 0) is 12.8 Å². The number of aliphatic carboxylic acids is 1. The molecule has 3 amide bonds. The summed E-state index contributed by atoms with van der Waals surface area (Å²) in [6.07, 6.45) is 0. The second-order valence-corrected chi connectivity index (χ2v) is 5.83. The third-order valence-electron chi connectivity index (χ3n) is 3.38. The number of aliphatic hydroxyl groups excluding tert-OH is 2. The van der Waals surface area contributed by atoms with Gasteiger partial charge in [-0.2, -0.15) is 0 Å². The smallest absolute Gasteiger partial charge is 0.325 e. The molecule has 11 nitrogen and oxygen atoms in total. The number of carbonyl (C=O) groups is 4. The van der Waals surface area contributed by atoms with Crippen LogP contribution in [-0.4, -0.2) is 76.4 Å². The van der Waals surface area contributed by atoms with Crippen LogP contribution in [0.15, 0.2) is 0 Å².